The normalized spacial score (nSPS) is 37.5. The molecule has 0 bridgehead atoms. The van der Waals surface area contributed by atoms with Gasteiger partial charge in [-0.25, -0.2) is 4.98 Å². The van der Waals surface area contributed by atoms with Crippen molar-refractivity contribution in [1.82, 2.24) is 4.98 Å². The van der Waals surface area contributed by atoms with Crippen LogP contribution in [-0.4, -0.2) is 57.0 Å². The van der Waals surface area contributed by atoms with Crippen molar-refractivity contribution in [3.8, 4) is 0 Å². The molecule has 196 valence electrons. The summed E-state index contributed by atoms with van der Waals surface area (Å²) in [5.74, 6) is -1.55. The molecule has 0 saturated carbocycles. The van der Waals surface area contributed by atoms with Gasteiger partial charge in [0.05, 0.1) is 46.5 Å². The summed E-state index contributed by atoms with van der Waals surface area (Å²) in [5, 5.41) is 24.6. The SMILES string of the molecule is C/C(=C\c1csc(C)n1)[C@@H]1CC2O[C@]2(C)CCC[C@H](C)[C@H](O)[C@@H](C)C(=O)C(C)(C)[C@@H](O)CC(=O)O1. The van der Waals surface area contributed by atoms with E-state index in [0.29, 0.717) is 6.42 Å². The molecule has 0 amide bonds. The lowest BCUT2D eigenvalue weighted by Gasteiger charge is -2.34. The van der Waals surface area contributed by atoms with Gasteiger partial charge < -0.3 is 19.7 Å². The number of carbonyl (C=O) groups excluding carboxylic acids is 2. The molecule has 3 rings (SSSR count). The van der Waals surface area contributed by atoms with E-state index in [9.17, 15) is 19.8 Å². The van der Waals surface area contributed by atoms with Crippen LogP contribution in [0.4, 0.5) is 0 Å². The van der Waals surface area contributed by atoms with Crippen LogP contribution in [0.2, 0.25) is 0 Å². The largest absolute Gasteiger partial charge is 0.458 e. The molecular formula is C27H41NO6S. The molecule has 0 aliphatic carbocycles. The Kier molecular flexibility index (Phi) is 8.62. The number of hydrogen-bond acceptors (Lipinski definition) is 8. The molecule has 8 heteroatoms. The molecule has 3 heterocycles. The summed E-state index contributed by atoms with van der Waals surface area (Å²) >= 11 is 1.56. The van der Waals surface area contributed by atoms with E-state index in [1.165, 1.54) is 0 Å². The van der Waals surface area contributed by atoms with Crippen LogP contribution >= 0.6 is 11.3 Å². The molecule has 2 N–H and O–H groups in total. The van der Waals surface area contributed by atoms with Crippen LogP contribution in [0.25, 0.3) is 6.08 Å². The Bertz CT molecular complexity index is 955. The van der Waals surface area contributed by atoms with Crippen molar-refractivity contribution in [3.63, 3.8) is 0 Å². The van der Waals surface area contributed by atoms with Gasteiger partial charge in [-0.1, -0.05) is 34.1 Å². The highest BCUT2D eigenvalue weighted by atomic mass is 32.1. The maximum Gasteiger partial charge on any atom is 0.309 e. The van der Waals surface area contributed by atoms with Crippen LogP contribution in [0.3, 0.4) is 0 Å². The first-order valence-corrected chi connectivity index (χ1v) is 13.5. The van der Waals surface area contributed by atoms with E-state index in [2.05, 4.69) is 11.9 Å². The number of Topliss-reactive ketones (excluding diaryl/α,β-unsaturated/α-hetero) is 1. The van der Waals surface area contributed by atoms with Gasteiger partial charge in [-0.15, -0.1) is 11.3 Å². The van der Waals surface area contributed by atoms with E-state index in [0.717, 1.165) is 35.5 Å². The number of ether oxygens (including phenoxy) is 2. The predicted molar refractivity (Wildman–Crippen MR) is 136 cm³/mol. The number of hydrogen-bond donors (Lipinski definition) is 2. The van der Waals surface area contributed by atoms with Gasteiger partial charge in [-0.05, 0) is 51.2 Å². The van der Waals surface area contributed by atoms with Crippen LogP contribution in [0, 0.1) is 24.2 Å². The number of aryl methyl sites for hydroxylation is 1. The minimum absolute atomic E-state index is 0.0455. The van der Waals surface area contributed by atoms with Gasteiger partial charge >= 0.3 is 5.97 Å². The topological polar surface area (TPSA) is 109 Å². The molecule has 1 aromatic heterocycles. The Balaban J connectivity index is 1.85. The fourth-order valence-electron chi connectivity index (χ4n) is 5.07. The first kappa shape index (κ1) is 28.0. The molecule has 35 heavy (non-hydrogen) atoms. The third-order valence-electron chi connectivity index (χ3n) is 7.93. The molecule has 7 nitrogen and oxygen atoms in total. The maximum absolute atomic E-state index is 13.2. The average Bonchev–Trinajstić information content (AvgIpc) is 3.22. The predicted octanol–water partition coefficient (Wildman–Crippen LogP) is 4.48. The van der Waals surface area contributed by atoms with Crippen molar-refractivity contribution in [2.75, 3.05) is 0 Å². The number of epoxide rings is 1. The minimum Gasteiger partial charge on any atom is -0.458 e. The smallest absolute Gasteiger partial charge is 0.309 e. The summed E-state index contributed by atoms with van der Waals surface area (Å²) in [6.45, 7) is 12.8. The number of cyclic esters (lactones) is 1. The molecule has 0 spiro atoms. The van der Waals surface area contributed by atoms with E-state index in [4.69, 9.17) is 9.47 Å². The lowest BCUT2D eigenvalue weighted by Crippen LogP contribution is -2.45. The van der Waals surface area contributed by atoms with E-state index in [1.807, 2.05) is 32.2 Å². The van der Waals surface area contributed by atoms with E-state index >= 15 is 0 Å². The van der Waals surface area contributed by atoms with Gasteiger partial charge in [0, 0.05) is 17.7 Å². The fourth-order valence-corrected chi connectivity index (χ4v) is 5.64. The highest BCUT2D eigenvalue weighted by Crippen LogP contribution is 2.45. The van der Waals surface area contributed by atoms with Crippen LogP contribution in [0.1, 0.15) is 84.3 Å². The maximum atomic E-state index is 13.2. The molecule has 0 radical (unpaired) electrons. The van der Waals surface area contributed by atoms with Crippen LogP contribution in [0.15, 0.2) is 11.0 Å². The van der Waals surface area contributed by atoms with E-state index in [-0.39, 0.29) is 29.8 Å². The second-order valence-electron chi connectivity index (χ2n) is 11.3. The van der Waals surface area contributed by atoms with Crippen LogP contribution < -0.4 is 0 Å². The molecule has 0 aromatic carbocycles. The summed E-state index contributed by atoms with van der Waals surface area (Å²) in [4.78, 5) is 30.6. The van der Waals surface area contributed by atoms with Gasteiger partial charge in [-0.2, -0.15) is 0 Å². The molecule has 2 aliphatic heterocycles. The second kappa shape index (κ2) is 10.8. The Morgan fingerprint density at radius 2 is 1.91 bits per heavy atom. The van der Waals surface area contributed by atoms with Gasteiger partial charge in [0.1, 0.15) is 11.9 Å². The molecule has 1 unspecified atom stereocenters. The van der Waals surface area contributed by atoms with E-state index in [1.54, 1.807) is 32.1 Å². The quantitative estimate of drug-likeness (QED) is 0.449. The second-order valence-corrected chi connectivity index (χ2v) is 12.3. The summed E-state index contributed by atoms with van der Waals surface area (Å²) in [7, 11) is 0. The third kappa shape index (κ3) is 6.59. The Morgan fingerprint density at radius 1 is 1.23 bits per heavy atom. The summed E-state index contributed by atoms with van der Waals surface area (Å²) in [6.07, 6.45) is 1.98. The highest BCUT2D eigenvalue weighted by Gasteiger charge is 2.53. The number of ketones is 1. The van der Waals surface area contributed by atoms with Gasteiger partial charge in [0.2, 0.25) is 0 Å². The molecular weight excluding hydrogens is 466 g/mol. The lowest BCUT2D eigenvalue weighted by molar-refractivity contribution is -0.154. The molecule has 7 atom stereocenters. The fraction of sp³-hybridized carbons (Fsp3) is 0.741. The number of thiazole rings is 1. The number of nitrogens with zero attached hydrogens (tertiary/aromatic N) is 1. The first-order valence-electron chi connectivity index (χ1n) is 12.6. The summed E-state index contributed by atoms with van der Waals surface area (Å²) in [5.41, 5.74) is 0.179. The molecule has 1 aromatic rings. The van der Waals surface area contributed by atoms with Gasteiger partial charge in [0.25, 0.3) is 0 Å². The summed E-state index contributed by atoms with van der Waals surface area (Å²) < 4.78 is 11.9. The van der Waals surface area contributed by atoms with Crippen molar-refractivity contribution < 1.29 is 29.3 Å². The molecule has 2 fully saturated rings. The molecule has 2 aliphatic rings. The van der Waals surface area contributed by atoms with Crippen molar-refractivity contribution in [3.05, 3.63) is 21.7 Å². The van der Waals surface area contributed by atoms with E-state index < -0.39 is 35.6 Å². The monoisotopic (exact) mass is 507 g/mol. The zero-order chi connectivity index (χ0) is 26.1. The Hall–Kier alpha value is -1.61. The average molecular weight is 508 g/mol. The highest BCUT2D eigenvalue weighted by molar-refractivity contribution is 7.09. The van der Waals surface area contributed by atoms with Crippen molar-refractivity contribution >= 4 is 29.2 Å². The minimum atomic E-state index is -1.23. The number of fused-ring (bicyclic) bond motifs is 1. The van der Waals surface area contributed by atoms with Gasteiger partial charge in [0.15, 0.2) is 0 Å². The van der Waals surface area contributed by atoms with Crippen molar-refractivity contribution in [2.24, 2.45) is 17.3 Å². The van der Waals surface area contributed by atoms with Crippen LogP contribution in [-0.2, 0) is 19.1 Å². The lowest BCUT2D eigenvalue weighted by atomic mass is 9.73. The Morgan fingerprint density at radius 3 is 2.54 bits per heavy atom. The molecule has 2 saturated heterocycles. The third-order valence-corrected chi connectivity index (χ3v) is 8.72. The zero-order valence-electron chi connectivity index (χ0n) is 22.0. The number of carbonyl (C=O) groups is 2. The number of aliphatic hydroxyl groups excluding tert-OH is 2. The van der Waals surface area contributed by atoms with Crippen molar-refractivity contribution in [1.29, 1.82) is 0 Å². The van der Waals surface area contributed by atoms with Crippen LogP contribution in [0.5, 0.6) is 0 Å². The first-order chi connectivity index (χ1) is 16.2. The number of aromatic nitrogens is 1. The Labute approximate surface area is 212 Å². The van der Waals surface area contributed by atoms with Crippen molar-refractivity contribution in [2.45, 2.75) is 111 Å². The number of rotatable bonds is 2. The standard InChI is InChI=1S/C27H41NO6S/c1-15-9-8-10-27(7)22(34-27)12-20(16(2)11-19-14-35-18(4)28-19)33-23(30)13-21(29)26(5,6)25(32)17(3)24(15)31/h11,14-15,17,20-22,24,29,31H,8-10,12-13H2,1-7H3/b16-11+/t15-,17+,20-,21-,22?,24-,27+/m0/s1. The number of esters is 1. The number of aliphatic hydroxyl groups is 2. The van der Waals surface area contributed by atoms with Gasteiger partial charge in [-0.3, -0.25) is 9.59 Å². The zero-order valence-corrected chi connectivity index (χ0v) is 22.9. The summed E-state index contributed by atoms with van der Waals surface area (Å²) in [6, 6.07) is 0.